The van der Waals surface area contributed by atoms with E-state index in [2.05, 4.69) is 17.9 Å². The van der Waals surface area contributed by atoms with Gasteiger partial charge in [-0.1, -0.05) is 17.9 Å². The number of hydrogen-bond acceptors (Lipinski definition) is 1. The SMILES string of the molecule is Cc1cc(C)c(C#CC(C)(C)CCl)cc1N. The Kier molecular flexibility index (Phi) is 3.88. The van der Waals surface area contributed by atoms with E-state index in [1.165, 1.54) is 0 Å². The molecule has 0 bridgehead atoms. The summed E-state index contributed by atoms with van der Waals surface area (Å²) in [4.78, 5) is 0. The lowest BCUT2D eigenvalue weighted by Crippen LogP contribution is -2.09. The highest BCUT2D eigenvalue weighted by atomic mass is 35.5. The van der Waals surface area contributed by atoms with Crippen LogP contribution in [0.15, 0.2) is 12.1 Å². The molecule has 0 saturated carbocycles. The normalized spacial score (nSPS) is 10.8. The molecule has 1 aromatic rings. The first-order valence-electron chi connectivity index (χ1n) is 5.31. The molecular formula is C14H18ClN. The average molecular weight is 236 g/mol. The predicted molar refractivity (Wildman–Crippen MR) is 71.7 cm³/mol. The minimum Gasteiger partial charge on any atom is -0.398 e. The van der Waals surface area contributed by atoms with E-state index in [-0.39, 0.29) is 5.41 Å². The summed E-state index contributed by atoms with van der Waals surface area (Å²) < 4.78 is 0. The molecule has 1 nitrogen and oxygen atoms in total. The van der Waals surface area contributed by atoms with Crippen molar-refractivity contribution in [3.63, 3.8) is 0 Å². The van der Waals surface area contributed by atoms with Gasteiger partial charge in [-0.15, -0.1) is 11.6 Å². The lowest BCUT2D eigenvalue weighted by atomic mass is 9.96. The Morgan fingerprint density at radius 3 is 2.44 bits per heavy atom. The fourth-order valence-electron chi connectivity index (χ4n) is 1.27. The van der Waals surface area contributed by atoms with E-state index < -0.39 is 0 Å². The molecule has 0 amide bonds. The molecule has 0 unspecified atom stereocenters. The van der Waals surface area contributed by atoms with Crippen LogP contribution in [0.3, 0.4) is 0 Å². The number of benzene rings is 1. The lowest BCUT2D eigenvalue weighted by Gasteiger charge is -2.12. The van der Waals surface area contributed by atoms with E-state index in [4.69, 9.17) is 17.3 Å². The van der Waals surface area contributed by atoms with Gasteiger partial charge < -0.3 is 5.73 Å². The molecule has 0 aromatic heterocycles. The summed E-state index contributed by atoms with van der Waals surface area (Å²) >= 11 is 5.83. The van der Waals surface area contributed by atoms with Crippen LogP contribution in [0.5, 0.6) is 0 Å². The number of rotatable bonds is 1. The third-order valence-corrected chi connectivity index (χ3v) is 3.15. The molecule has 0 spiro atoms. The molecule has 0 heterocycles. The van der Waals surface area contributed by atoms with Crippen molar-refractivity contribution in [2.75, 3.05) is 11.6 Å². The zero-order chi connectivity index (χ0) is 12.3. The van der Waals surface area contributed by atoms with Gasteiger partial charge in [-0.05, 0) is 44.9 Å². The molecule has 0 fully saturated rings. The fraction of sp³-hybridized carbons (Fsp3) is 0.429. The lowest BCUT2D eigenvalue weighted by molar-refractivity contribution is 0.579. The largest absolute Gasteiger partial charge is 0.398 e. The molecular weight excluding hydrogens is 218 g/mol. The van der Waals surface area contributed by atoms with Gasteiger partial charge in [0.15, 0.2) is 0 Å². The first kappa shape index (κ1) is 12.9. The molecule has 0 aliphatic heterocycles. The Morgan fingerprint density at radius 2 is 1.88 bits per heavy atom. The van der Waals surface area contributed by atoms with Crippen molar-refractivity contribution < 1.29 is 0 Å². The van der Waals surface area contributed by atoms with Gasteiger partial charge in [0.1, 0.15) is 0 Å². The second-order valence-corrected chi connectivity index (χ2v) is 5.06. The summed E-state index contributed by atoms with van der Waals surface area (Å²) in [6, 6.07) is 4.00. The number of halogens is 1. The van der Waals surface area contributed by atoms with Crippen molar-refractivity contribution in [1.29, 1.82) is 0 Å². The summed E-state index contributed by atoms with van der Waals surface area (Å²) in [7, 11) is 0. The Labute approximate surface area is 103 Å². The predicted octanol–water partition coefficient (Wildman–Crippen LogP) is 3.50. The van der Waals surface area contributed by atoms with E-state index in [9.17, 15) is 0 Å². The number of nitrogen functional groups attached to an aromatic ring is 1. The van der Waals surface area contributed by atoms with Crippen LogP contribution < -0.4 is 5.73 Å². The first-order valence-corrected chi connectivity index (χ1v) is 5.85. The molecule has 2 N–H and O–H groups in total. The summed E-state index contributed by atoms with van der Waals surface area (Å²) in [5.41, 5.74) is 9.74. The maximum atomic E-state index is 5.87. The van der Waals surface area contributed by atoms with Gasteiger partial charge in [0, 0.05) is 22.5 Å². The number of aryl methyl sites for hydroxylation is 2. The van der Waals surface area contributed by atoms with Crippen LogP contribution in [-0.2, 0) is 0 Å². The molecule has 1 rings (SSSR count). The first-order chi connectivity index (χ1) is 7.35. The van der Waals surface area contributed by atoms with E-state index in [0.717, 1.165) is 22.4 Å². The summed E-state index contributed by atoms with van der Waals surface area (Å²) in [6.07, 6.45) is 0. The zero-order valence-electron chi connectivity index (χ0n) is 10.3. The second-order valence-electron chi connectivity index (χ2n) is 4.79. The highest BCUT2D eigenvalue weighted by Gasteiger charge is 2.11. The van der Waals surface area contributed by atoms with E-state index in [1.54, 1.807) is 0 Å². The number of anilines is 1. The number of alkyl halides is 1. The quantitative estimate of drug-likeness (QED) is 0.450. The van der Waals surface area contributed by atoms with Gasteiger partial charge in [-0.2, -0.15) is 0 Å². The Morgan fingerprint density at radius 1 is 1.25 bits per heavy atom. The highest BCUT2D eigenvalue weighted by Crippen LogP contribution is 2.19. The minimum absolute atomic E-state index is 0.159. The van der Waals surface area contributed by atoms with Gasteiger partial charge in [-0.25, -0.2) is 0 Å². The minimum atomic E-state index is -0.159. The van der Waals surface area contributed by atoms with Crippen LogP contribution in [0.1, 0.15) is 30.5 Å². The molecule has 0 radical (unpaired) electrons. The molecule has 0 aliphatic carbocycles. The van der Waals surface area contributed by atoms with Gasteiger partial charge in [0.2, 0.25) is 0 Å². The smallest absolute Gasteiger partial charge is 0.0397 e. The molecule has 86 valence electrons. The van der Waals surface area contributed by atoms with Gasteiger partial charge in [0.25, 0.3) is 0 Å². The Balaban J connectivity index is 3.11. The average Bonchev–Trinajstić information content (AvgIpc) is 2.22. The second kappa shape index (κ2) is 4.80. The monoisotopic (exact) mass is 235 g/mol. The van der Waals surface area contributed by atoms with Crippen molar-refractivity contribution in [3.05, 3.63) is 28.8 Å². The van der Waals surface area contributed by atoms with Crippen LogP contribution in [0.4, 0.5) is 5.69 Å². The zero-order valence-corrected chi connectivity index (χ0v) is 11.1. The van der Waals surface area contributed by atoms with Gasteiger partial charge in [0.05, 0.1) is 0 Å². The summed E-state index contributed by atoms with van der Waals surface area (Å²) in [6.45, 7) is 8.10. The molecule has 16 heavy (non-hydrogen) atoms. The van der Waals surface area contributed by atoms with Gasteiger partial charge in [-0.3, -0.25) is 0 Å². The standard InChI is InChI=1S/C14H18ClN/c1-10-7-11(2)13(16)8-12(10)5-6-14(3,4)9-15/h7-8H,9,16H2,1-4H3. The van der Waals surface area contributed by atoms with Crippen molar-refractivity contribution in [3.8, 4) is 11.8 Å². The molecule has 0 atom stereocenters. The van der Waals surface area contributed by atoms with Crippen molar-refractivity contribution in [2.24, 2.45) is 5.41 Å². The molecule has 0 saturated heterocycles. The maximum absolute atomic E-state index is 5.87. The molecule has 0 aliphatic rings. The summed E-state index contributed by atoms with van der Waals surface area (Å²) in [5.74, 6) is 6.86. The number of nitrogens with two attached hydrogens (primary N) is 1. The van der Waals surface area contributed by atoms with Crippen LogP contribution >= 0.6 is 11.6 Å². The van der Waals surface area contributed by atoms with Crippen molar-refractivity contribution in [1.82, 2.24) is 0 Å². The third-order valence-electron chi connectivity index (χ3n) is 2.48. The van der Waals surface area contributed by atoms with Gasteiger partial charge >= 0.3 is 0 Å². The fourth-order valence-corrected chi connectivity index (χ4v) is 1.34. The Hall–Kier alpha value is -1.13. The van der Waals surface area contributed by atoms with Crippen molar-refractivity contribution >= 4 is 17.3 Å². The summed E-state index contributed by atoms with van der Waals surface area (Å²) in [5, 5.41) is 0. The van der Waals surface area contributed by atoms with Crippen LogP contribution in [-0.4, -0.2) is 5.88 Å². The topological polar surface area (TPSA) is 26.0 Å². The number of hydrogen-bond donors (Lipinski definition) is 1. The van der Waals surface area contributed by atoms with Crippen LogP contribution in [0.25, 0.3) is 0 Å². The van der Waals surface area contributed by atoms with Crippen molar-refractivity contribution in [2.45, 2.75) is 27.7 Å². The van der Waals surface area contributed by atoms with E-state index in [1.807, 2.05) is 33.8 Å². The molecule has 2 heteroatoms. The highest BCUT2D eigenvalue weighted by molar-refractivity contribution is 6.18. The Bertz CT molecular complexity index is 450. The molecule has 1 aromatic carbocycles. The van der Waals surface area contributed by atoms with Crippen LogP contribution in [0.2, 0.25) is 0 Å². The van der Waals surface area contributed by atoms with E-state index >= 15 is 0 Å². The third kappa shape index (κ3) is 3.18. The maximum Gasteiger partial charge on any atom is 0.0397 e. The van der Waals surface area contributed by atoms with Crippen LogP contribution in [0, 0.1) is 31.1 Å². The van der Waals surface area contributed by atoms with E-state index in [0.29, 0.717) is 5.88 Å².